The summed E-state index contributed by atoms with van der Waals surface area (Å²) >= 11 is 0. The average Bonchev–Trinajstić information content (AvgIpc) is 2.60. The summed E-state index contributed by atoms with van der Waals surface area (Å²) in [6.07, 6.45) is 2.69. The van der Waals surface area contributed by atoms with Crippen molar-refractivity contribution in [2.45, 2.75) is 45.2 Å². The first-order valence-electron chi connectivity index (χ1n) is 8.48. The van der Waals surface area contributed by atoms with Crippen molar-refractivity contribution >= 4 is 5.91 Å². The molecule has 0 radical (unpaired) electrons. The van der Waals surface area contributed by atoms with Gasteiger partial charge in [-0.05, 0) is 49.8 Å². The highest BCUT2D eigenvalue weighted by Crippen LogP contribution is 2.20. The van der Waals surface area contributed by atoms with Crippen LogP contribution < -0.4 is 15.8 Å². The average molecular weight is 320 g/mol. The van der Waals surface area contributed by atoms with Crippen LogP contribution in [0.4, 0.5) is 0 Å². The van der Waals surface area contributed by atoms with Crippen LogP contribution in [0.3, 0.4) is 0 Å². The molecule has 0 bridgehead atoms. The zero-order valence-corrected chi connectivity index (χ0v) is 14.1. The fraction of sp³-hybridized carbons (Fsp3) is 0.611. The summed E-state index contributed by atoms with van der Waals surface area (Å²) in [5.74, 6) is 0.976. The van der Waals surface area contributed by atoms with E-state index < -0.39 is 6.04 Å². The van der Waals surface area contributed by atoms with Gasteiger partial charge in [-0.15, -0.1) is 0 Å². The predicted molar refractivity (Wildman–Crippen MR) is 90.3 cm³/mol. The lowest BCUT2D eigenvalue weighted by molar-refractivity contribution is -0.125. The number of nitrogens with one attached hydrogen (secondary N) is 1. The molecule has 2 atom stereocenters. The van der Waals surface area contributed by atoms with Gasteiger partial charge in [0.2, 0.25) is 5.91 Å². The van der Waals surface area contributed by atoms with Crippen LogP contribution in [0.2, 0.25) is 0 Å². The van der Waals surface area contributed by atoms with Crippen LogP contribution in [0.25, 0.3) is 0 Å². The zero-order chi connectivity index (χ0) is 16.7. The lowest BCUT2D eigenvalue weighted by Gasteiger charge is -2.28. The SMILES string of the molecule is CCCOc1ccc(C(C)NC(=O)C(N)C2CCOCC2)cc1. The molecule has 5 nitrogen and oxygen atoms in total. The zero-order valence-electron chi connectivity index (χ0n) is 14.1. The molecule has 1 aliphatic heterocycles. The third-order valence-corrected chi connectivity index (χ3v) is 4.29. The number of amides is 1. The first kappa shape index (κ1) is 17.8. The highest BCUT2D eigenvalue weighted by Gasteiger charge is 2.27. The van der Waals surface area contributed by atoms with Crippen molar-refractivity contribution in [1.82, 2.24) is 5.32 Å². The minimum absolute atomic E-state index is 0.0754. The largest absolute Gasteiger partial charge is 0.494 e. The molecule has 1 heterocycles. The van der Waals surface area contributed by atoms with Crippen molar-refractivity contribution in [2.24, 2.45) is 11.7 Å². The lowest BCUT2D eigenvalue weighted by atomic mass is 9.91. The van der Waals surface area contributed by atoms with Gasteiger partial charge in [0, 0.05) is 13.2 Å². The molecule has 1 saturated heterocycles. The molecule has 0 aliphatic carbocycles. The van der Waals surface area contributed by atoms with Crippen molar-refractivity contribution in [3.05, 3.63) is 29.8 Å². The molecule has 0 saturated carbocycles. The van der Waals surface area contributed by atoms with Crippen molar-refractivity contribution < 1.29 is 14.3 Å². The number of hydrogen-bond acceptors (Lipinski definition) is 4. The van der Waals surface area contributed by atoms with Crippen molar-refractivity contribution in [1.29, 1.82) is 0 Å². The molecule has 3 N–H and O–H groups in total. The Labute approximate surface area is 138 Å². The molecule has 0 aromatic heterocycles. The van der Waals surface area contributed by atoms with E-state index in [1.54, 1.807) is 0 Å². The summed E-state index contributed by atoms with van der Waals surface area (Å²) in [5.41, 5.74) is 7.15. The Kier molecular flexibility index (Phi) is 6.86. The molecule has 1 aliphatic rings. The van der Waals surface area contributed by atoms with Gasteiger partial charge in [-0.1, -0.05) is 19.1 Å². The number of carbonyl (C=O) groups excluding carboxylic acids is 1. The summed E-state index contributed by atoms with van der Waals surface area (Å²) in [4.78, 5) is 12.3. The molecule has 1 aromatic carbocycles. The summed E-state index contributed by atoms with van der Waals surface area (Å²) in [7, 11) is 0. The summed E-state index contributed by atoms with van der Waals surface area (Å²) in [5, 5.41) is 3.01. The Hall–Kier alpha value is -1.59. The number of rotatable bonds is 7. The van der Waals surface area contributed by atoms with Gasteiger partial charge in [-0.2, -0.15) is 0 Å². The Balaban J connectivity index is 1.87. The molecule has 1 amide bonds. The van der Waals surface area contributed by atoms with Crippen LogP contribution >= 0.6 is 0 Å². The normalized spacial score (nSPS) is 18.2. The maximum absolute atomic E-state index is 12.3. The van der Waals surface area contributed by atoms with Gasteiger partial charge in [0.1, 0.15) is 5.75 Å². The van der Waals surface area contributed by atoms with E-state index in [1.807, 2.05) is 31.2 Å². The van der Waals surface area contributed by atoms with E-state index in [0.29, 0.717) is 19.8 Å². The van der Waals surface area contributed by atoms with Gasteiger partial charge in [-0.3, -0.25) is 4.79 Å². The number of carbonyl (C=O) groups is 1. The van der Waals surface area contributed by atoms with Crippen molar-refractivity contribution in [3.8, 4) is 5.75 Å². The third kappa shape index (κ3) is 5.22. The van der Waals surface area contributed by atoms with Gasteiger partial charge in [0.15, 0.2) is 0 Å². The van der Waals surface area contributed by atoms with Crippen LogP contribution in [0.5, 0.6) is 5.75 Å². The monoisotopic (exact) mass is 320 g/mol. The van der Waals surface area contributed by atoms with Crippen LogP contribution in [0, 0.1) is 5.92 Å². The maximum atomic E-state index is 12.3. The van der Waals surface area contributed by atoms with Crippen LogP contribution in [-0.2, 0) is 9.53 Å². The Morgan fingerprint density at radius 2 is 2.00 bits per heavy atom. The van der Waals surface area contributed by atoms with E-state index in [9.17, 15) is 4.79 Å². The molecular weight excluding hydrogens is 292 g/mol. The van der Waals surface area contributed by atoms with Gasteiger partial charge in [0.05, 0.1) is 18.7 Å². The van der Waals surface area contributed by atoms with Gasteiger partial charge < -0.3 is 20.5 Å². The second kappa shape index (κ2) is 8.89. The second-order valence-electron chi connectivity index (χ2n) is 6.12. The van der Waals surface area contributed by atoms with Crippen LogP contribution in [0.1, 0.15) is 44.7 Å². The smallest absolute Gasteiger partial charge is 0.237 e. The molecule has 23 heavy (non-hydrogen) atoms. The molecule has 1 fully saturated rings. The van der Waals surface area contributed by atoms with Gasteiger partial charge in [-0.25, -0.2) is 0 Å². The summed E-state index contributed by atoms with van der Waals surface area (Å²) in [6.45, 7) is 6.15. The van der Waals surface area contributed by atoms with Gasteiger partial charge >= 0.3 is 0 Å². The van der Waals surface area contributed by atoms with Gasteiger partial charge in [0.25, 0.3) is 0 Å². The molecule has 0 spiro atoms. The highest BCUT2D eigenvalue weighted by atomic mass is 16.5. The van der Waals surface area contributed by atoms with E-state index in [0.717, 1.165) is 30.6 Å². The fourth-order valence-corrected chi connectivity index (χ4v) is 2.75. The minimum Gasteiger partial charge on any atom is -0.494 e. The van der Waals surface area contributed by atoms with Crippen LogP contribution in [-0.4, -0.2) is 31.8 Å². The number of ether oxygens (including phenoxy) is 2. The standard InChI is InChI=1S/C18H28N2O3/c1-3-10-23-16-6-4-14(5-7-16)13(2)20-18(21)17(19)15-8-11-22-12-9-15/h4-7,13,15,17H,3,8-12,19H2,1-2H3,(H,20,21). The molecule has 2 rings (SSSR count). The first-order valence-corrected chi connectivity index (χ1v) is 8.48. The number of benzene rings is 1. The van der Waals surface area contributed by atoms with E-state index in [4.69, 9.17) is 15.2 Å². The van der Waals surface area contributed by atoms with E-state index in [2.05, 4.69) is 12.2 Å². The van der Waals surface area contributed by atoms with E-state index in [1.165, 1.54) is 0 Å². The first-order chi connectivity index (χ1) is 11.1. The lowest BCUT2D eigenvalue weighted by Crippen LogP contribution is -2.47. The molecule has 5 heteroatoms. The maximum Gasteiger partial charge on any atom is 0.237 e. The topological polar surface area (TPSA) is 73.6 Å². The van der Waals surface area contributed by atoms with E-state index in [-0.39, 0.29) is 17.9 Å². The summed E-state index contributed by atoms with van der Waals surface area (Å²) in [6, 6.07) is 7.30. The Bertz CT molecular complexity index is 484. The number of nitrogens with two attached hydrogens (primary N) is 1. The van der Waals surface area contributed by atoms with Crippen molar-refractivity contribution in [3.63, 3.8) is 0 Å². The van der Waals surface area contributed by atoms with E-state index >= 15 is 0 Å². The Morgan fingerprint density at radius 3 is 2.61 bits per heavy atom. The molecule has 128 valence electrons. The molecule has 1 aromatic rings. The molecule has 2 unspecified atom stereocenters. The minimum atomic E-state index is -0.464. The molecular formula is C18H28N2O3. The number of hydrogen-bond donors (Lipinski definition) is 2. The predicted octanol–water partition coefficient (Wildman–Crippen LogP) is 2.41. The summed E-state index contributed by atoms with van der Waals surface area (Å²) < 4.78 is 10.9. The van der Waals surface area contributed by atoms with Crippen LogP contribution in [0.15, 0.2) is 24.3 Å². The quantitative estimate of drug-likeness (QED) is 0.809. The second-order valence-corrected chi connectivity index (χ2v) is 6.12. The third-order valence-electron chi connectivity index (χ3n) is 4.29. The highest BCUT2D eigenvalue weighted by molar-refractivity contribution is 5.82. The van der Waals surface area contributed by atoms with Crippen molar-refractivity contribution in [2.75, 3.05) is 19.8 Å². The Morgan fingerprint density at radius 1 is 1.35 bits per heavy atom. The fourth-order valence-electron chi connectivity index (χ4n) is 2.75.